The topological polar surface area (TPSA) is 67.2 Å². The van der Waals surface area contributed by atoms with Crippen molar-refractivity contribution >= 4 is 40.0 Å². The van der Waals surface area contributed by atoms with Gasteiger partial charge in [0.25, 0.3) is 5.91 Å². The van der Waals surface area contributed by atoms with Crippen LogP contribution in [0.3, 0.4) is 0 Å². The summed E-state index contributed by atoms with van der Waals surface area (Å²) in [5, 5.41) is 5.97. The standard InChI is InChI=1S/C24H21N3O2S/c1-3-16-9-12-21-20(13-16)26-23(29-21)18-5-4-6-19(14-18)25-24(30)27-22(28)17-10-7-15(2)8-11-17/h4-14H,3H2,1-2H3,(H2,25,27,28,30). The van der Waals surface area contributed by atoms with Crippen molar-refractivity contribution in [3.63, 3.8) is 0 Å². The highest BCUT2D eigenvalue weighted by atomic mass is 32.1. The van der Waals surface area contributed by atoms with Crippen LogP contribution in [0.1, 0.15) is 28.4 Å². The number of nitrogens with one attached hydrogen (secondary N) is 2. The molecule has 3 aromatic carbocycles. The number of aromatic nitrogens is 1. The maximum atomic E-state index is 12.3. The average molecular weight is 416 g/mol. The Morgan fingerprint density at radius 2 is 1.87 bits per heavy atom. The number of amides is 1. The second kappa shape index (κ2) is 8.47. The Balaban J connectivity index is 1.48. The fourth-order valence-corrected chi connectivity index (χ4v) is 3.30. The molecule has 2 N–H and O–H groups in total. The van der Waals surface area contributed by atoms with Gasteiger partial charge in [0.15, 0.2) is 10.7 Å². The second-order valence-corrected chi connectivity index (χ2v) is 7.44. The molecular formula is C24H21N3O2S. The van der Waals surface area contributed by atoms with Gasteiger partial charge in [-0.2, -0.15) is 0 Å². The fraction of sp³-hybridized carbons (Fsp3) is 0.125. The number of benzene rings is 3. The van der Waals surface area contributed by atoms with E-state index in [4.69, 9.17) is 16.6 Å². The van der Waals surface area contributed by atoms with Crippen LogP contribution in [0.4, 0.5) is 5.69 Å². The smallest absolute Gasteiger partial charge is 0.257 e. The third-order valence-corrected chi connectivity index (χ3v) is 4.97. The molecule has 0 saturated heterocycles. The van der Waals surface area contributed by atoms with Crippen molar-refractivity contribution < 1.29 is 9.21 Å². The molecule has 1 amide bonds. The van der Waals surface area contributed by atoms with Crippen molar-refractivity contribution in [1.82, 2.24) is 10.3 Å². The van der Waals surface area contributed by atoms with Crippen LogP contribution < -0.4 is 10.6 Å². The Hall–Kier alpha value is -3.51. The molecule has 1 aromatic heterocycles. The molecule has 6 heteroatoms. The number of carbonyl (C=O) groups is 1. The van der Waals surface area contributed by atoms with Crippen LogP contribution in [0.2, 0.25) is 0 Å². The Bertz CT molecular complexity index is 1230. The third-order valence-electron chi connectivity index (χ3n) is 4.77. The number of rotatable bonds is 4. The van der Waals surface area contributed by atoms with Crippen LogP contribution in [0, 0.1) is 6.92 Å². The Morgan fingerprint density at radius 3 is 2.63 bits per heavy atom. The van der Waals surface area contributed by atoms with E-state index in [1.54, 1.807) is 12.1 Å². The van der Waals surface area contributed by atoms with Gasteiger partial charge in [0.1, 0.15) is 5.52 Å². The van der Waals surface area contributed by atoms with E-state index in [-0.39, 0.29) is 11.0 Å². The summed E-state index contributed by atoms with van der Waals surface area (Å²) >= 11 is 5.30. The average Bonchev–Trinajstić information content (AvgIpc) is 3.17. The molecule has 0 bridgehead atoms. The zero-order valence-electron chi connectivity index (χ0n) is 16.7. The zero-order chi connectivity index (χ0) is 21.1. The summed E-state index contributed by atoms with van der Waals surface area (Å²) in [6.07, 6.45) is 0.948. The van der Waals surface area contributed by atoms with Gasteiger partial charge in [0, 0.05) is 16.8 Å². The van der Waals surface area contributed by atoms with Gasteiger partial charge < -0.3 is 9.73 Å². The summed E-state index contributed by atoms with van der Waals surface area (Å²) in [7, 11) is 0. The molecule has 4 aromatic rings. The summed E-state index contributed by atoms with van der Waals surface area (Å²) in [6, 6.07) is 20.9. The van der Waals surface area contributed by atoms with E-state index in [1.165, 1.54) is 5.56 Å². The fourth-order valence-electron chi connectivity index (χ4n) is 3.09. The molecule has 0 spiro atoms. The van der Waals surface area contributed by atoms with Crippen molar-refractivity contribution in [3.8, 4) is 11.5 Å². The summed E-state index contributed by atoms with van der Waals surface area (Å²) in [6.45, 7) is 4.08. The summed E-state index contributed by atoms with van der Waals surface area (Å²) in [5.41, 5.74) is 6.00. The number of aryl methyl sites for hydroxylation is 2. The van der Waals surface area contributed by atoms with Gasteiger partial charge in [-0.25, -0.2) is 4.98 Å². The van der Waals surface area contributed by atoms with Gasteiger partial charge in [0.2, 0.25) is 5.89 Å². The van der Waals surface area contributed by atoms with Gasteiger partial charge in [-0.05, 0) is 73.6 Å². The molecule has 0 saturated carbocycles. The molecule has 0 fully saturated rings. The second-order valence-electron chi connectivity index (χ2n) is 7.03. The number of hydrogen-bond acceptors (Lipinski definition) is 4. The molecule has 0 aliphatic heterocycles. The Morgan fingerprint density at radius 1 is 1.07 bits per heavy atom. The SMILES string of the molecule is CCc1ccc2oc(-c3cccc(NC(=S)NC(=O)c4ccc(C)cc4)c3)nc2c1. The lowest BCUT2D eigenvalue weighted by atomic mass is 10.1. The first kappa shape index (κ1) is 19.8. The van der Waals surface area contributed by atoms with Gasteiger partial charge in [-0.3, -0.25) is 10.1 Å². The van der Waals surface area contributed by atoms with E-state index in [1.807, 2.05) is 61.5 Å². The minimum Gasteiger partial charge on any atom is -0.436 e. The normalized spacial score (nSPS) is 10.7. The highest BCUT2D eigenvalue weighted by Crippen LogP contribution is 2.27. The maximum Gasteiger partial charge on any atom is 0.257 e. The lowest BCUT2D eigenvalue weighted by molar-refractivity contribution is 0.0977. The molecule has 1 heterocycles. The molecule has 0 aliphatic rings. The van der Waals surface area contributed by atoms with Gasteiger partial charge in [0.05, 0.1) is 0 Å². The van der Waals surface area contributed by atoms with Crippen molar-refractivity contribution in [1.29, 1.82) is 0 Å². The van der Waals surface area contributed by atoms with Crippen LogP contribution in [0.5, 0.6) is 0 Å². The van der Waals surface area contributed by atoms with E-state index in [9.17, 15) is 4.79 Å². The van der Waals surface area contributed by atoms with Crippen LogP contribution >= 0.6 is 12.2 Å². The van der Waals surface area contributed by atoms with Crippen molar-refractivity contribution in [2.45, 2.75) is 20.3 Å². The lowest BCUT2D eigenvalue weighted by Crippen LogP contribution is -2.34. The summed E-state index contributed by atoms with van der Waals surface area (Å²) < 4.78 is 5.90. The van der Waals surface area contributed by atoms with Crippen LogP contribution in [0.25, 0.3) is 22.6 Å². The van der Waals surface area contributed by atoms with Gasteiger partial charge >= 0.3 is 0 Å². The van der Waals surface area contributed by atoms with Crippen LogP contribution in [-0.4, -0.2) is 16.0 Å². The van der Waals surface area contributed by atoms with Crippen molar-refractivity contribution in [2.75, 3.05) is 5.32 Å². The molecule has 0 atom stereocenters. The molecule has 4 rings (SSSR count). The van der Waals surface area contributed by atoms with Gasteiger partial charge in [-0.15, -0.1) is 0 Å². The first-order valence-corrected chi connectivity index (χ1v) is 10.1. The van der Waals surface area contributed by atoms with Crippen molar-refractivity contribution in [3.05, 3.63) is 83.4 Å². The molecule has 0 unspecified atom stereocenters. The quantitative estimate of drug-likeness (QED) is 0.431. The van der Waals surface area contributed by atoms with Crippen LogP contribution in [-0.2, 0) is 6.42 Å². The number of hydrogen-bond donors (Lipinski definition) is 2. The molecular weight excluding hydrogens is 394 g/mol. The predicted octanol–water partition coefficient (Wildman–Crippen LogP) is 5.49. The number of nitrogens with zero attached hydrogens (tertiary/aromatic N) is 1. The van der Waals surface area contributed by atoms with Crippen molar-refractivity contribution in [2.24, 2.45) is 0 Å². The van der Waals surface area contributed by atoms with Crippen LogP contribution in [0.15, 0.2) is 71.1 Å². The molecule has 0 aliphatic carbocycles. The summed E-state index contributed by atoms with van der Waals surface area (Å²) in [4.78, 5) is 16.9. The van der Waals surface area contributed by atoms with E-state index in [2.05, 4.69) is 22.5 Å². The number of thiocarbonyl (C=S) groups is 1. The number of carbonyl (C=O) groups excluding carboxylic acids is 1. The van der Waals surface area contributed by atoms with E-state index < -0.39 is 0 Å². The lowest BCUT2D eigenvalue weighted by Gasteiger charge is -2.10. The number of oxazole rings is 1. The number of anilines is 1. The maximum absolute atomic E-state index is 12.3. The third kappa shape index (κ3) is 4.39. The van der Waals surface area contributed by atoms with Gasteiger partial charge in [-0.1, -0.05) is 36.8 Å². The first-order chi connectivity index (χ1) is 14.5. The summed E-state index contributed by atoms with van der Waals surface area (Å²) in [5.74, 6) is 0.283. The highest BCUT2D eigenvalue weighted by Gasteiger charge is 2.11. The molecule has 5 nitrogen and oxygen atoms in total. The Kier molecular flexibility index (Phi) is 5.59. The van der Waals surface area contributed by atoms with E-state index >= 15 is 0 Å². The zero-order valence-corrected chi connectivity index (χ0v) is 17.5. The monoisotopic (exact) mass is 415 g/mol. The largest absolute Gasteiger partial charge is 0.436 e. The first-order valence-electron chi connectivity index (χ1n) is 9.71. The molecule has 0 radical (unpaired) electrons. The minimum absolute atomic E-state index is 0.225. The van der Waals surface area contributed by atoms with E-state index in [0.29, 0.717) is 11.5 Å². The molecule has 30 heavy (non-hydrogen) atoms. The highest BCUT2D eigenvalue weighted by molar-refractivity contribution is 7.80. The predicted molar refractivity (Wildman–Crippen MR) is 124 cm³/mol. The Labute approximate surface area is 180 Å². The van der Waals surface area contributed by atoms with E-state index in [0.717, 1.165) is 34.3 Å². The number of fused-ring (bicyclic) bond motifs is 1. The minimum atomic E-state index is -0.255. The molecule has 150 valence electrons.